The molecule has 0 saturated heterocycles. The maximum atomic E-state index is 5.86. The van der Waals surface area contributed by atoms with Gasteiger partial charge in [-0.1, -0.05) is 23.7 Å². The van der Waals surface area contributed by atoms with E-state index in [-0.39, 0.29) is 0 Å². The van der Waals surface area contributed by atoms with Gasteiger partial charge in [0.05, 0.1) is 12.5 Å². The molecule has 5 heteroatoms. The van der Waals surface area contributed by atoms with E-state index in [1.807, 2.05) is 36.8 Å². The first kappa shape index (κ1) is 10.4. The van der Waals surface area contributed by atoms with Crippen LogP contribution in [0.15, 0.2) is 35.6 Å². The third kappa shape index (κ3) is 2.03. The van der Waals surface area contributed by atoms with E-state index in [1.165, 1.54) is 5.56 Å². The molecule has 0 saturated carbocycles. The maximum absolute atomic E-state index is 5.86. The molecule has 0 bridgehead atoms. The molecule has 86 valence electrons. The van der Waals surface area contributed by atoms with Gasteiger partial charge in [-0.2, -0.15) is 0 Å². The number of aliphatic imine (C=N–C) groups is 1. The third-order valence-corrected chi connectivity index (χ3v) is 2.95. The molecule has 1 aromatic heterocycles. The molecule has 0 fully saturated rings. The smallest absolute Gasteiger partial charge is 0.154 e. The standard InChI is InChI=1S/C12H11ClN4/c13-10-3-1-9(2-4-10)6-17-8-16-12-11(17)5-14-7-15-12/h1-5,8,15H,6-7H2. The second-order valence-corrected chi connectivity index (χ2v) is 4.32. The van der Waals surface area contributed by atoms with Gasteiger partial charge >= 0.3 is 0 Å². The summed E-state index contributed by atoms with van der Waals surface area (Å²) in [6.07, 6.45) is 3.68. The first-order valence-electron chi connectivity index (χ1n) is 5.36. The van der Waals surface area contributed by atoms with Gasteiger partial charge in [0.2, 0.25) is 0 Å². The third-order valence-electron chi connectivity index (χ3n) is 2.70. The molecule has 1 aliphatic heterocycles. The van der Waals surface area contributed by atoms with Crippen molar-refractivity contribution in [3.8, 4) is 0 Å². The molecule has 1 N–H and O–H groups in total. The average Bonchev–Trinajstić information content (AvgIpc) is 2.76. The lowest BCUT2D eigenvalue weighted by Gasteiger charge is -2.10. The highest BCUT2D eigenvalue weighted by Gasteiger charge is 2.11. The number of hydrogen-bond donors (Lipinski definition) is 1. The van der Waals surface area contributed by atoms with Crippen LogP contribution in [0.25, 0.3) is 0 Å². The van der Waals surface area contributed by atoms with E-state index >= 15 is 0 Å². The van der Waals surface area contributed by atoms with Gasteiger partial charge < -0.3 is 9.88 Å². The van der Waals surface area contributed by atoms with Crippen molar-refractivity contribution in [1.82, 2.24) is 9.55 Å². The number of nitrogens with zero attached hydrogens (tertiary/aromatic N) is 3. The van der Waals surface area contributed by atoms with Crippen LogP contribution in [0.1, 0.15) is 11.3 Å². The molecule has 2 heterocycles. The minimum atomic E-state index is 0.602. The number of fused-ring (bicyclic) bond motifs is 1. The van der Waals surface area contributed by atoms with Gasteiger partial charge in [0.25, 0.3) is 0 Å². The molecule has 0 atom stereocenters. The summed E-state index contributed by atoms with van der Waals surface area (Å²) in [5.74, 6) is 0.897. The molecule has 0 unspecified atom stereocenters. The van der Waals surface area contributed by atoms with Crippen molar-refractivity contribution in [2.24, 2.45) is 4.99 Å². The van der Waals surface area contributed by atoms with Crippen molar-refractivity contribution in [1.29, 1.82) is 0 Å². The summed E-state index contributed by atoms with van der Waals surface area (Å²) in [7, 11) is 0. The SMILES string of the molecule is Clc1ccc(Cn2cnc3c2C=NCN3)cc1. The molecular weight excluding hydrogens is 236 g/mol. The topological polar surface area (TPSA) is 42.2 Å². The summed E-state index contributed by atoms with van der Waals surface area (Å²) in [6.45, 7) is 1.37. The van der Waals surface area contributed by atoms with Crippen LogP contribution in [0, 0.1) is 0 Å². The molecule has 0 spiro atoms. The van der Waals surface area contributed by atoms with Gasteiger partial charge in [0.1, 0.15) is 12.4 Å². The van der Waals surface area contributed by atoms with Crippen molar-refractivity contribution in [2.75, 3.05) is 12.0 Å². The summed E-state index contributed by atoms with van der Waals surface area (Å²) in [6, 6.07) is 7.82. The fourth-order valence-electron chi connectivity index (χ4n) is 1.83. The minimum absolute atomic E-state index is 0.602. The van der Waals surface area contributed by atoms with E-state index in [2.05, 4.69) is 19.9 Å². The number of aromatic nitrogens is 2. The van der Waals surface area contributed by atoms with Crippen LogP contribution in [0.4, 0.5) is 5.82 Å². The Morgan fingerprint density at radius 2 is 2.12 bits per heavy atom. The summed E-state index contributed by atoms with van der Waals surface area (Å²) in [5, 5.41) is 3.88. The summed E-state index contributed by atoms with van der Waals surface area (Å²) in [4.78, 5) is 8.49. The molecular formula is C12H11ClN4. The first-order chi connectivity index (χ1) is 8.33. The molecule has 2 aromatic rings. The predicted molar refractivity (Wildman–Crippen MR) is 68.9 cm³/mol. The molecule has 1 aliphatic rings. The largest absolute Gasteiger partial charge is 0.349 e. The number of benzene rings is 1. The number of anilines is 1. The number of nitrogens with one attached hydrogen (secondary N) is 1. The second kappa shape index (κ2) is 4.22. The van der Waals surface area contributed by atoms with Gasteiger partial charge in [-0.05, 0) is 17.7 Å². The van der Waals surface area contributed by atoms with Gasteiger partial charge in [0, 0.05) is 11.6 Å². The van der Waals surface area contributed by atoms with Crippen LogP contribution in [-0.4, -0.2) is 22.4 Å². The number of hydrogen-bond acceptors (Lipinski definition) is 3. The fourth-order valence-corrected chi connectivity index (χ4v) is 1.95. The van der Waals surface area contributed by atoms with E-state index in [0.29, 0.717) is 6.67 Å². The molecule has 0 aliphatic carbocycles. The van der Waals surface area contributed by atoms with Crippen LogP contribution in [-0.2, 0) is 6.54 Å². The molecule has 4 nitrogen and oxygen atoms in total. The second-order valence-electron chi connectivity index (χ2n) is 3.88. The Kier molecular flexibility index (Phi) is 2.57. The number of rotatable bonds is 2. The van der Waals surface area contributed by atoms with Crippen LogP contribution < -0.4 is 5.32 Å². The normalized spacial score (nSPS) is 13.2. The first-order valence-corrected chi connectivity index (χ1v) is 5.74. The van der Waals surface area contributed by atoms with Crippen LogP contribution in [0.2, 0.25) is 5.02 Å². The summed E-state index contributed by atoms with van der Waals surface area (Å²) < 4.78 is 2.06. The number of halogens is 1. The average molecular weight is 247 g/mol. The number of imidazole rings is 1. The van der Waals surface area contributed by atoms with Crippen molar-refractivity contribution in [3.05, 3.63) is 46.9 Å². The van der Waals surface area contributed by atoms with Gasteiger partial charge in [0.15, 0.2) is 5.82 Å². The lowest BCUT2D eigenvalue weighted by Crippen LogP contribution is -2.11. The van der Waals surface area contributed by atoms with E-state index in [4.69, 9.17) is 11.6 Å². The van der Waals surface area contributed by atoms with E-state index in [1.54, 1.807) is 0 Å². The molecule has 17 heavy (non-hydrogen) atoms. The molecule has 0 radical (unpaired) electrons. The van der Waals surface area contributed by atoms with Crippen LogP contribution in [0.5, 0.6) is 0 Å². The maximum Gasteiger partial charge on any atom is 0.154 e. The monoisotopic (exact) mass is 246 g/mol. The zero-order valence-electron chi connectivity index (χ0n) is 9.10. The van der Waals surface area contributed by atoms with E-state index < -0.39 is 0 Å². The summed E-state index contributed by atoms with van der Waals surface area (Å²) >= 11 is 5.86. The van der Waals surface area contributed by atoms with Gasteiger partial charge in [-0.25, -0.2) is 4.98 Å². The van der Waals surface area contributed by atoms with Crippen molar-refractivity contribution in [2.45, 2.75) is 6.54 Å². The minimum Gasteiger partial charge on any atom is -0.349 e. The van der Waals surface area contributed by atoms with Crippen LogP contribution >= 0.6 is 11.6 Å². The highest BCUT2D eigenvalue weighted by atomic mass is 35.5. The Balaban J connectivity index is 1.89. The Bertz CT molecular complexity index is 556. The highest BCUT2D eigenvalue weighted by Crippen LogP contribution is 2.17. The quantitative estimate of drug-likeness (QED) is 0.884. The predicted octanol–water partition coefficient (Wildman–Crippen LogP) is 2.39. The van der Waals surface area contributed by atoms with Crippen LogP contribution in [0.3, 0.4) is 0 Å². The van der Waals surface area contributed by atoms with E-state index in [9.17, 15) is 0 Å². The van der Waals surface area contributed by atoms with Crippen molar-refractivity contribution in [3.63, 3.8) is 0 Å². The fraction of sp³-hybridized carbons (Fsp3) is 0.167. The van der Waals surface area contributed by atoms with Gasteiger partial charge in [-0.15, -0.1) is 0 Å². The zero-order chi connectivity index (χ0) is 11.7. The zero-order valence-corrected chi connectivity index (χ0v) is 9.85. The lowest BCUT2D eigenvalue weighted by molar-refractivity contribution is 0.790. The molecule has 3 rings (SSSR count). The Hall–Kier alpha value is -1.81. The van der Waals surface area contributed by atoms with E-state index in [0.717, 1.165) is 23.1 Å². The van der Waals surface area contributed by atoms with Crippen molar-refractivity contribution < 1.29 is 0 Å². The van der Waals surface area contributed by atoms with Gasteiger partial charge in [-0.3, -0.25) is 4.99 Å². The Morgan fingerprint density at radius 1 is 1.29 bits per heavy atom. The molecule has 1 aromatic carbocycles. The Morgan fingerprint density at radius 3 is 2.94 bits per heavy atom. The van der Waals surface area contributed by atoms with Crippen molar-refractivity contribution >= 4 is 23.6 Å². The lowest BCUT2D eigenvalue weighted by atomic mass is 10.2. The summed E-state index contributed by atoms with van der Waals surface area (Å²) in [5.41, 5.74) is 2.21. The highest BCUT2D eigenvalue weighted by molar-refractivity contribution is 6.30. The Labute approximate surface area is 104 Å². The molecule has 0 amide bonds.